The quantitative estimate of drug-likeness (QED) is 0.842. The van der Waals surface area contributed by atoms with Crippen LogP contribution in [0, 0.1) is 11.7 Å². The van der Waals surface area contributed by atoms with Crippen LogP contribution < -0.4 is 15.8 Å². The van der Waals surface area contributed by atoms with E-state index in [0.717, 1.165) is 19.3 Å². The average Bonchev–Trinajstić information content (AvgIpc) is 2.91. The largest absolute Gasteiger partial charge is 0.486 e. The molecule has 1 fully saturated rings. The van der Waals surface area contributed by atoms with Crippen LogP contribution in [-0.4, -0.2) is 24.6 Å². The summed E-state index contributed by atoms with van der Waals surface area (Å²) in [6.07, 6.45) is 2.95. The summed E-state index contributed by atoms with van der Waals surface area (Å²) in [6, 6.07) is 6.44. The Morgan fingerprint density at radius 1 is 1.45 bits per heavy atom. The molecule has 3 atom stereocenters. The fraction of sp³-hybridized carbons (Fsp3) is 0.562. The molecule has 1 amide bonds. The highest BCUT2D eigenvalue weighted by atomic mass is 35.5. The van der Waals surface area contributed by atoms with Crippen molar-refractivity contribution < 1.29 is 13.9 Å². The van der Waals surface area contributed by atoms with Crippen molar-refractivity contribution in [3.63, 3.8) is 0 Å². The van der Waals surface area contributed by atoms with Crippen molar-refractivity contribution in [2.75, 3.05) is 6.54 Å². The SMILES string of the molecule is CCC(CNC(=O)C1CCC(N)C1)Oc1ccccc1F.Cl. The number of hydrogen-bond donors (Lipinski definition) is 2. The maximum atomic E-state index is 13.5. The molecule has 3 unspecified atom stereocenters. The number of nitrogens with two attached hydrogens (primary N) is 1. The van der Waals surface area contributed by atoms with Gasteiger partial charge in [-0.1, -0.05) is 19.1 Å². The van der Waals surface area contributed by atoms with E-state index in [0.29, 0.717) is 13.0 Å². The first-order chi connectivity index (χ1) is 10.1. The average molecular weight is 331 g/mol. The van der Waals surface area contributed by atoms with E-state index >= 15 is 0 Å². The lowest BCUT2D eigenvalue weighted by Gasteiger charge is -2.19. The summed E-state index contributed by atoms with van der Waals surface area (Å²) < 4.78 is 19.2. The van der Waals surface area contributed by atoms with Gasteiger partial charge in [-0.2, -0.15) is 0 Å². The molecule has 0 aromatic heterocycles. The molecule has 4 nitrogen and oxygen atoms in total. The summed E-state index contributed by atoms with van der Waals surface area (Å²) in [6.45, 7) is 2.33. The number of rotatable bonds is 6. The maximum absolute atomic E-state index is 13.5. The van der Waals surface area contributed by atoms with E-state index in [1.165, 1.54) is 6.07 Å². The number of ether oxygens (including phenoxy) is 1. The van der Waals surface area contributed by atoms with Crippen LogP contribution in [0.4, 0.5) is 4.39 Å². The molecule has 0 radical (unpaired) electrons. The molecule has 6 heteroatoms. The summed E-state index contributed by atoms with van der Waals surface area (Å²) in [5.74, 6) is -0.130. The van der Waals surface area contributed by atoms with E-state index in [4.69, 9.17) is 10.5 Å². The minimum absolute atomic E-state index is 0. The number of nitrogens with one attached hydrogen (secondary N) is 1. The molecule has 124 valence electrons. The van der Waals surface area contributed by atoms with Gasteiger partial charge in [0.05, 0.1) is 6.54 Å². The fourth-order valence-corrected chi connectivity index (χ4v) is 2.60. The minimum atomic E-state index is -0.385. The molecule has 0 aliphatic heterocycles. The number of carbonyl (C=O) groups excluding carboxylic acids is 1. The second-order valence-corrected chi connectivity index (χ2v) is 5.59. The van der Waals surface area contributed by atoms with Gasteiger partial charge in [0.25, 0.3) is 0 Å². The highest BCUT2D eigenvalue weighted by Crippen LogP contribution is 2.24. The Morgan fingerprint density at radius 3 is 2.77 bits per heavy atom. The Hall–Kier alpha value is -1.33. The third kappa shape index (κ3) is 5.14. The van der Waals surface area contributed by atoms with Crippen LogP contribution in [0.1, 0.15) is 32.6 Å². The highest BCUT2D eigenvalue weighted by Gasteiger charge is 2.28. The van der Waals surface area contributed by atoms with Crippen LogP contribution in [0.15, 0.2) is 24.3 Å². The molecular formula is C16H24ClFN2O2. The van der Waals surface area contributed by atoms with Crippen LogP contribution >= 0.6 is 12.4 Å². The Labute approximate surface area is 137 Å². The van der Waals surface area contributed by atoms with Crippen molar-refractivity contribution in [2.24, 2.45) is 11.7 Å². The second kappa shape index (κ2) is 8.96. The molecule has 1 aliphatic rings. The fourth-order valence-electron chi connectivity index (χ4n) is 2.60. The highest BCUT2D eigenvalue weighted by molar-refractivity contribution is 5.85. The minimum Gasteiger partial charge on any atom is -0.486 e. The molecule has 0 bridgehead atoms. The van der Waals surface area contributed by atoms with E-state index in [1.54, 1.807) is 18.2 Å². The molecule has 0 heterocycles. The monoisotopic (exact) mass is 330 g/mol. The predicted molar refractivity (Wildman–Crippen MR) is 86.7 cm³/mol. The van der Waals surface area contributed by atoms with Crippen LogP contribution in [0.3, 0.4) is 0 Å². The Bertz CT molecular complexity index is 487. The number of carbonyl (C=O) groups is 1. The number of para-hydroxylation sites is 1. The first-order valence-electron chi connectivity index (χ1n) is 7.54. The summed E-state index contributed by atoms with van der Waals surface area (Å²) >= 11 is 0. The van der Waals surface area contributed by atoms with Gasteiger partial charge in [0.2, 0.25) is 5.91 Å². The normalized spacial score (nSPS) is 21.8. The zero-order valence-corrected chi connectivity index (χ0v) is 13.6. The zero-order chi connectivity index (χ0) is 15.2. The molecule has 0 saturated heterocycles. The third-order valence-corrected chi connectivity index (χ3v) is 3.93. The van der Waals surface area contributed by atoms with Crippen LogP contribution in [0.5, 0.6) is 5.75 Å². The van der Waals surface area contributed by atoms with E-state index in [1.807, 2.05) is 6.92 Å². The van der Waals surface area contributed by atoms with Gasteiger partial charge >= 0.3 is 0 Å². The first-order valence-corrected chi connectivity index (χ1v) is 7.54. The molecule has 1 aromatic carbocycles. The van der Waals surface area contributed by atoms with Crippen molar-refractivity contribution in [1.29, 1.82) is 0 Å². The van der Waals surface area contributed by atoms with Gasteiger partial charge in [-0.25, -0.2) is 4.39 Å². The van der Waals surface area contributed by atoms with Crippen molar-refractivity contribution in [3.05, 3.63) is 30.1 Å². The Kier molecular flexibility index (Phi) is 7.62. The molecule has 3 N–H and O–H groups in total. The first kappa shape index (κ1) is 18.7. The third-order valence-electron chi connectivity index (χ3n) is 3.93. The van der Waals surface area contributed by atoms with Crippen LogP contribution in [0.2, 0.25) is 0 Å². The standard InChI is InChI=1S/C16H23FN2O2.ClH/c1-2-13(21-15-6-4-3-5-14(15)17)10-19-16(20)11-7-8-12(18)9-11;/h3-6,11-13H,2,7-10,18H2,1H3,(H,19,20);1H. The Morgan fingerprint density at radius 2 is 2.18 bits per heavy atom. The molecule has 1 aliphatic carbocycles. The molecular weight excluding hydrogens is 307 g/mol. The topological polar surface area (TPSA) is 64.4 Å². The van der Waals surface area contributed by atoms with Crippen molar-refractivity contribution in [3.8, 4) is 5.75 Å². The van der Waals surface area contributed by atoms with Gasteiger partial charge in [-0.3, -0.25) is 4.79 Å². The van der Waals surface area contributed by atoms with Gasteiger partial charge in [-0.05, 0) is 37.8 Å². The summed E-state index contributed by atoms with van der Waals surface area (Å²) in [5, 5.41) is 2.89. The maximum Gasteiger partial charge on any atom is 0.223 e. The van der Waals surface area contributed by atoms with Gasteiger partial charge < -0.3 is 15.8 Å². The van der Waals surface area contributed by atoms with Crippen molar-refractivity contribution in [1.82, 2.24) is 5.32 Å². The van der Waals surface area contributed by atoms with Gasteiger partial charge in [-0.15, -0.1) is 12.4 Å². The smallest absolute Gasteiger partial charge is 0.223 e. The molecule has 1 saturated carbocycles. The molecule has 22 heavy (non-hydrogen) atoms. The van der Waals surface area contributed by atoms with E-state index < -0.39 is 0 Å². The lowest BCUT2D eigenvalue weighted by molar-refractivity contribution is -0.125. The van der Waals surface area contributed by atoms with Gasteiger partial charge in [0.15, 0.2) is 11.6 Å². The predicted octanol–water partition coefficient (Wildman–Crippen LogP) is 2.65. The van der Waals surface area contributed by atoms with Gasteiger partial charge in [0.1, 0.15) is 6.10 Å². The van der Waals surface area contributed by atoms with Crippen molar-refractivity contribution in [2.45, 2.75) is 44.8 Å². The zero-order valence-electron chi connectivity index (χ0n) is 12.8. The number of benzene rings is 1. The van der Waals surface area contributed by atoms with E-state index in [9.17, 15) is 9.18 Å². The lowest BCUT2D eigenvalue weighted by Crippen LogP contribution is -2.38. The number of amides is 1. The number of halogens is 2. The van der Waals surface area contributed by atoms with Crippen LogP contribution in [0.25, 0.3) is 0 Å². The molecule has 1 aromatic rings. The Balaban J connectivity index is 0.00000242. The van der Waals surface area contributed by atoms with E-state index in [-0.39, 0.29) is 47.9 Å². The van der Waals surface area contributed by atoms with E-state index in [2.05, 4.69) is 5.32 Å². The van der Waals surface area contributed by atoms with Crippen molar-refractivity contribution >= 4 is 18.3 Å². The molecule has 2 rings (SSSR count). The van der Waals surface area contributed by atoms with Crippen LogP contribution in [-0.2, 0) is 4.79 Å². The summed E-state index contributed by atoms with van der Waals surface area (Å²) in [5.41, 5.74) is 5.82. The summed E-state index contributed by atoms with van der Waals surface area (Å²) in [4.78, 5) is 12.0. The van der Waals surface area contributed by atoms with Gasteiger partial charge in [0, 0.05) is 12.0 Å². The summed E-state index contributed by atoms with van der Waals surface area (Å²) in [7, 11) is 0. The molecule has 0 spiro atoms. The lowest BCUT2D eigenvalue weighted by atomic mass is 10.1. The second-order valence-electron chi connectivity index (χ2n) is 5.59. The number of hydrogen-bond acceptors (Lipinski definition) is 3.